The summed E-state index contributed by atoms with van der Waals surface area (Å²) in [6.07, 6.45) is 5.41. The van der Waals surface area contributed by atoms with Crippen LogP contribution in [0.4, 0.5) is 0 Å². The van der Waals surface area contributed by atoms with Gasteiger partial charge in [-0.05, 0) is 71.8 Å². The zero-order valence-electron chi connectivity index (χ0n) is 24.3. The first kappa shape index (κ1) is 28.7. The smallest absolute Gasteiger partial charge is 0.302 e. The molecular weight excluding hydrogens is 496 g/mol. The summed E-state index contributed by atoms with van der Waals surface area (Å²) in [7, 11) is 0. The van der Waals surface area contributed by atoms with Crippen molar-refractivity contribution >= 4 is 17.5 Å². The molecule has 0 bridgehead atoms. The van der Waals surface area contributed by atoms with Gasteiger partial charge in [-0.15, -0.1) is 0 Å². The Morgan fingerprint density at radius 3 is 2.49 bits per heavy atom. The average Bonchev–Trinajstić information content (AvgIpc) is 3.47. The van der Waals surface area contributed by atoms with E-state index in [2.05, 4.69) is 26.5 Å². The van der Waals surface area contributed by atoms with Crippen LogP contribution in [-0.4, -0.2) is 57.8 Å². The molecule has 5 rings (SSSR count). The minimum atomic E-state index is -1.33. The van der Waals surface area contributed by atoms with Crippen LogP contribution in [0.5, 0.6) is 0 Å². The molecule has 7 heteroatoms. The van der Waals surface area contributed by atoms with Crippen LogP contribution in [0.25, 0.3) is 0 Å². The highest BCUT2D eigenvalue weighted by Gasteiger charge is 2.83. The Labute approximate surface area is 232 Å². The van der Waals surface area contributed by atoms with Gasteiger partial charge in [-0.1, -0.05) is 47.3 Å². The van der Waals surface area contributed by atoms with E-state index in [0.717, 1.165) is 19.3 Å². The van der Waals surface area contributed by atoms with E-state index in [0.29, 0.717) is 12.8 Å². The number of rotatable bonds is 7. The second kappa shape index (κ2) is 9.09. The fourth-order valence-corrected chi connectivity index (χ4v) is 10.6. The maximum absolute atomic E-state index is 13.2. The van der Waals surface area contributed by atoms with Crippen molar-refractivity contribution in [1.82, 2.24) is 0 Å². The van der Waals surface area contributed by atoms with Gasteiger partial charge < -0.3 is 20.1 Å². The molecule has 13 atom stereocenters. The summed E-state index contributed by atoms with van der Waals surface area (Å²) < 4.78 is 5.97. The van der Waals surface area contributed by atoms with E-state index in [4.69, 9.17) is 4.74 Å². The van der Waals surface area contributed by atoms with Crippen LogP contribution < -0.4 is 0 Å². The molecule has 0 aromatic carbocycles. The van der Waals surface area contributed by atoms with Crippen LogP contribution in [0, 0.1) is 57.2 Å². The van der Waals surface area contributed by atoms with E-state index in [1.807, 2.05) is 13.8 Å². The Hall–Kier alpha value is -1.83. The third-order valence-corrected chi connectivity index (χ3v) is 12.9. The topological polar surface area (TPSA) is 121 Å². The van der Waals surface area contributed by atoms with Crippen molar-refractivity contribution in [3.63, 3.8) is 0 Å². The standard InChI is InChI=1S/C32H46O7/c1-16(14-33)17(2)27(37)28(38)19(4)26-23(39-20(5)34)13-30(7)24-12-22(36)25-18(3)21(35)8-9-32(25)15-31(24,32)11-10-29(26,30)6/h8-9,16,18-19,22-26,28,33,36,38H,2,10-15H2,1,3-7H3/t16-,18+,19-,22+,23-,24-,25+,26-,28?,29+,30-,31-,32+/m0/s1. The summed E-state index contributed by atoms with van der Waals surface area (Å²) in [5, 5.41) is 32.4. The van der Waals surface area contributed by atoms with Gasteiger partial charge in [0, 0.05) is 42.6 Å². The normalized spacial score (nSPS) is 48.1. The van der Waals surface area contributed by atoms with Gasteiger partial charge in [-0.3, -0.25) is 14.4 Å². The summed E-state index contributed by atoms with van der Waals surface area (Å²) in [6, 6.07) is 0. The molecule has 216 valence electrons. The number of Topliss-reactive ketones (excluding diaryl/α,β-unsaturated/α-hetero) is 1. The number of fused-ring (bicyclic) bond motifs is 2. The fourth-order valence-electron chi connectivity index (χ4n) is 10.6. The first-order valence-corrected chi connectivity index (χ1v) is 14.7. The molecule has 0 aliphatic heterocycles. The van der Waals surface area contributed by atoms with E-state index < -0.39 is 35.9 Å². The monoisotopic (exact) mass is 542 g/mol. The molecular formula is C32H46O7. The van der Waals surface area contributed by atoms with Crippen LogP contribution in [0.15, 0.2) is 24.3 Å². The van der Waals surface area contributed by atoms with Gasteiger partial charge in [0.15, 0.2) is 11.6 Å². The lowest BCUT2D eigenvalue weighted by molar-refractivity contribution is -0.162. The number of carbonyl (C=O) groups excluding carboxylic acids is 3. The SMILES string of the molecule is C=C(C(=O)C(O)[C@@H](C)[C@H]1[C@@H](OC(C)=O)C[C@@]2(C)[C@@H]3C[C@@H](O)[C@H]4[C@H](C)C(=O)C=C[C@@]45C[C@@]35CC[C@]12C)[C@@H](C)CO. The van der Waals surface area contributed by atoms with Gasteiger partial charge in [0.25, 0.3) is 0 Å². The molecule has 4 saturated carbocycles. The van der Waals surface area contributed by atoms with Crippen LogP contribution in [0.1, 0.15) is 73.6 Å². The summed E-state index contributed by atoms with van der Waals surface area (Å²) in [6.45, 7) is 15.0. The number of hydrogen-bond donors (Lipinski definition) is 3. The maximum Gasteiger partial charge on any atom is 0.302 e. The maximum atomic E-state index is 13.2. The quantitative estimate of drug-likeness (QED) is 0.332. The molecule has 1 unspecified atom stereocenters. The number of ether oxygens (including phenoxy) is 1. The van der Waals surface area contributed by atoms with Crippen molar-refractivity contribution in [3.8, 4) is 0 Å². The highest BCUT2D eigenvalue weighted by atomic mass is 16.5. The van der Waals surface area contributed by atoms with Gasteiger partial charge in [0.1, 0.15) is 12.2 Å². The number of allylic oxidation sites excluding steroid dienone is 2. The van der Waals surface area contributed by atoms with E-state index >= 15 is 0 Å². The summed E-state index contributed by atoms with van der Waals surface area (Å²) in [5.74, 6) is -2.11. The third-order valence-electron chi connectivity index (χ3n) is 12.9. The van der Waals surface area contributed by atoms with E-state index in [9.17, 15) is 29.7 Å². The molecule has 0 aromatic heterocycles. The van der Waals surface area contributed by atoms with Gasteiger partial charge in [-0.25, -0.2) is 0 Å². The molecule has 2 spiro atoms. The number of aliphatic hydroxyl groups is 3. The summed E-state index contributed by atoms with van der Waals surface area (Å²) in [5.41, 5.74) is -0.653. The Morgan fingerprint density at radius 2 is 1.87 bits per heavy atom. The Bertz CT molecular complexity index is 1130. The summed E-state index contributed by atoms with van der Waals surface area (Å²) in [4.78, 5) is 38.1. The first-order valence-electron chi connectivity index (χ1n) is 14.7. The molecule has 0 heterocycles. The zero-order valence-corrected chi connectivity index (χ0v) is 24.3. The highest BCUT2D eigenvalue weighted by molar-refractivity contribution is 5.98. The van der Waals surface area contributed by atoms with E-state index in [1.54, 1.807) is 13.0 Å². The highest BCUT2D eigenvalue weighted by Crippen LogP contribution is 2.87. The van der Waals surface area contributed by atoms with Crippen molar-refractivity contribution in [2.75, 3.05) is 6.61 Å². The molecule has 0 amide bonds. The fraction of sp³-hybridized carbons (Fsp3) is 0.781. The molecule has 0 saturated heterocycles. The van der Waals surface area contributed by atoms with Gasteiger partial charge >= 0.3 is 5.97 Å². The lowest BCUT2D eigenvalue weighted by Crippen LogP contribution is -2.58. The Morgan fingerprint density at radius 1 is 1.21 bits per heavy atom. The van der Waals surface area contributed by atoms with Crippen molar-refractivity contribution in [1.29, 1.82) is 0 Å². The first-order chi connectivity index (χ1) is 18.1. The van der Waals surface area contributed by atoms with Crippen molar-refractivity contribution in [2.45, 2.75) is 92.0 Å². The van der Waals surface area contributed by atoms with E-state index in [1.165, 1.54) is 6.92 Å². The number of carbonyl (C=O) groups is 3. The lowest BCUT2D eigenvalue weighted by atomic mass is 9.43. The summed E-state index contributed by atoms with van der Waals surface area (Å²) >= 11 is 0. The predicted octanol–water partition coefficient (Wildman–Crippen LogP) is 3.64. The largest absolute Gasteiger partial charge is 0.462 e. The molecule has 5 aliphatic carbocycles. The Kier molecular flexibility index (Phi) is 6.68. The Balaban J connectivity index is 1.53. The minimum absolute atomic E-state index is 0.00516. The van der Waals surface area contributed by atoms with Crippen molar-refractivity contribution in [3.05, 3.63) is 24.3 Å². The predicted molar refractivity (Wildman–Crippen MR) is 145 cm³/mol. The molecule has 3 N–H and O–H groups in total. The zero-order chi connectivity index (χ0) is 28.9. The minimum Gasteiger partial charge on any atom is -0.462 e. The van der Waals surface area contributed by atoms with Crippen molar-refractivity contribution < 1.29 is 34.4 Å². The van der Waals surface area contributed by atoms with Crippen LogP contribution in [0.2, 0.25) is 0 Å². The molecule has 0 radical (unpaired) electrons. The molecule has 39 heavy (non-hydrogen) atoms. The molecule has 7 nitrogen and oxygen atoms in total. The molecule has 4 fully saturated rings. The average molecular weight is 543 g/mol. The van der Waals surface area contributed by atoms with E-state index in [-0.39, 0.29) is 69.3 Å². The second-order valence-electron chi connectivity index (χ2n) is 14.3. The van der Waals surface area contributed by atoms with Gasteiger partial charge in [0.2, 0.25) is 0 Å². The molecule has 5 aliphatic rings. The number of aliphatic hydroxyl groups excluding tert-OH is 3. The third kappa shape index (κ3) is 3.61. The van der Waals surface area contributed by atoms with Gasteiger partial charge in [-0.2, -0.15) is 0 Å². The van der Waals surface area contributed by atoms with Gasteiger partial charge in [0.05, 0.1) is 6.10 Å². The van der Waals surface area contributed by atoms with Crippen LogP contribution >= 0.6 is 0 Å². The number of hydrogen-bond acceptors (Lipinski definition) is 7. The number of esters is 1. The van der Waals surface area contributed by atoms with Crippen LogP contribution in [-0.2, 0) is 19.1 Å². The second-order valence-corrected chi connectivity index (χ2v) is 14.3. The lowest BCUT2D eigenvalue weighted by Gasteiger charge is -2.61. The molecule has 0 aromatic rings. The number of ketones is 2. The van der Waals surface area contributed by atoms with Crippen molar-refractivity contribution in [2.24, 2.45) is 57.2 Å². The van der Waals surface area contributed by atoms with Crippen LogP contribution in [0.3, 0.4) is 0 Å².